The minimum atomic E-state index is -3.79. The summed E-state index contributed by atoms with van der Waals surface area (Å²) in [5, 5.41) is 5.74. The molecule has 7 nitrogen and oxygen atoms in total. The lowest BCUT2D eigenvalue weighted by atomic mass is 10.1. The molecule has 1 aliphatic carbocycles. The van der Waals surface area contributed by atoms with E-state index in [-0.39, 0.29) is 35.7 Å². The molecule has 34 heavy (non-hydrogen) atoms. The van der Waals surface area contributed by atoms with E-state index in [4.69, 9.17) is 0 Å². The lowest BCUT2D eigenvalue weighted by Crippen LogP contribution is -2.26. The van der Waals surface area contributed by atoms with Gasteiger partial charge in [0.2, 0.25) is 15.9 Å². The number of hydrogen-bond acceptors (Lipinski definition) is 4. The van der Waals surface area contributed by atoms with Crippen molar-refractivity contribution >= 4 is 27.5 Å². The molecule has 3 aromatic carbocycles. The molecule has 1 fully saturated rings. The first-order chi connectivity index (χ1) is 16.3. The molecule has 3 aromatic rings. The molecule has 8 heteroatoms. The molecule has 0 unspecified atom stereocenters. The van der Waals surface area contributed by atoms with Crippen molar-refractivity contribution < 1.29 is 18.0 Å². The molecule has 1 saturated carbocycles. The number of hydrogen-bond donors (Lipinski definition) is 3. The zero-order chi connectivity index (χ0) is 24.1. The third kappa shape index (κ3) is 6.09. The Morgan fingerprint density at radius 2 is 1.62 bits per heavy atom. The maximum Gasteiger partial charge on any atom is 0.251 e. The van der Waals surface area contributed by atoms with Crippen molar-refractivity contribution in [2.45, 2.75) is 37.8 Å². The fourth-order valence-electron chi connectivity index (χ4n) is 3.50. The summed E-state index contributed by atoms with van der Waals surface area (Å²) in [4.78, 5) is 24.9. The molecule has 4 rings (SSSR count). The van der Waals surface area contributed by atoms with Crippen molar-refractivity contribution in [3.63, 3.8) is 0 Å². The summed E-state index contributed by atoms with van der Waals surface area (Å²) in [6, 6.07) is 21.0. The van der Waals surface area contributed by atoms with Crippen LogP contribution in [-0.2, 0) is 27.9 Å². The molecular weight excluding hydrogens is 450 g/mol. The molecule has 0 saturated heterocycles. The number of carbonyl (C=O) groups excluding carboxylic acids is 2. The summed E-state index contributed by atoms with van der Waals surface area (Å²) >= 11 is 0. The smallest absolute Gasteiger partial charge is 0.251 e. The molecule has 1 aliphatic rings. The molecule has 176 valence electrons. The third-order valence-electron chi connectivity index (χ3n) is 5.67. The molecule has 0 bridgehead atoms. The summed E-state index contributed by atoms with van der Waals surface area (Å²) in [6.07, 6.45) is 1.86. The Labute approximate surface area is 199 Å². The Bertz CT molecular complexity index is 1300. The van der Waals surface area contributed by atoms with Crippen LogP contribution < -0.4 is 15.4 Å². The van der Waals surface area contributed by atoms with Crippen molar-refractivity contribution in [1.29, 1.82) is 0 Å². The highest BCUT2D eigenvalue weighted by Gasteiger charge is 2.29. The highest BCUT2D eigenvalue weighted by molar-refractivity contribution is 7.89. The zero-order valence-corrected chi connectivity index (χ0v) is 19.7. The average molecular weight is 478 g/mol. The zero-order valence-electron chi connectivity index (χ0n) is 18.9. The highest BCUT2D eigenvalue weighted by atomic mass is 32.2. The maximum atomic E-state index is 12.9. The summed E-state index contributed by atoms with van der Waals surface area (Å²) in [7, 11) is -3.79. The van der Waals surface area contributed by atoms with E-state index in [1.54, 1.807) is 13.0 Å². The van der Waals surface area contributed by atoms with Gasteiger partial charge in [0.25, 0.3) is 5.91 Å². The van der Waals surface area contributed by atoms with E-state index in [0.717, 1.165) is 24.0 Å². The lowest BCUT2D eigenvalue weighted by Gasteiger charge is -2.12. The van der Waals surface area contributed by atoms with E-state index in [9.17, 15) is 18.0 Å². The molecular formula is C26H27N3O4S. The molecule has 0 heterocycles. The van der Waals surface area contributed by atoms with Crippen LogP contribution in [0.2, 0.25) is 0 Å². The Kier molecular flexibility index (Phi) is 7.09. The minimum Gasteiger partial charge on any atom is -0.348 e. The maximum absolute atomic E-state index is 12.9. The SMILES string of the molecule is Cc1ccc(S(=O)(=O)NCc2ccccc2)cc1C(=O)NCc1cccc(NC(=O)C2CC2)c1. The van der Waals surface area contributed by atoms with Crippen molar-refractivity contribution in [3.05, 3.63) is 95.1 Å². The number of carbonyl (C=O) groups is 2. The van der Waals surface area contributed by atoms with Gasteiger partial charge in [0, 0.05) is 30.3 Å². The molecule has 0 spiro atoms. The van der Waals surface area contributed by atoms with Crippen molar-refractivity contribution in [2.24, 2.45) is 5.92 Å². The normalized spacial score (nSPS) is 13.3. The largest absolute Gasteiger partial charge is 0.348 e. The molecule has 0 aliphatic heterocycles. The van der Waals surface area contributed by atoms with Crippen molar-refractivity contribution in [1.82, 2.24) is 10.0 Å². The molecule has 0 radical (unpaired) electrons. The minimum absolute atomic E-state index is 0.0238. The number of nitrogens with one attached hydrogen (secondary N) is 3. The average Bonchev–Trinajstić information content (AvgIpc) is 3.68. The number of benzene rings is 3. The Morgan fingerprint density at radius 3 is 2.35 bits per heavy atom. The van der Waals surface area contributed by atoms with Crippen LogP contribution in [0.1, 0.15) is 39.9 Å². The van der Waals surface area contributed by atoms with Gasteiger partial charge < -0.3 is 10.6 Å². The Balaban J connectivity index is 1.41. The van der Waals surface area contributed by atoms with E-state index < -0.39 is 10.0 Å². The van der Waals surface area contributed by atoms with Crippen LogP contribution in [0.15, 0.2) is 77.7 Å². The molecule has 0 aromatic heterocycles. The van der Waals surface area contributed by atoms with Gasteiger partial charge in [0.15, 0.2) is 0 Å². The van der Waals surface area contributed by atoms with Crippen LogP contribution in [0, 0.1) is 12.8 Å². The summed E-state index contributed by atoms with van der Waals surface area (Å²) in [5.41, 5.74) is 3.32. The second-order valence-electron chi connectivity index (χ2n) is 8.43. The van der Waals surface area contributed by atoms with Crippen LogP contribution in [-0.4, -0.2) is 20.2 Å². The highest BCUT2D eigenvalue weighted by Crippen LogP contribution is 2.30. The van der Waals surface area contributed by atoms with Crippen LogP contribution in [0.25, 0.3) is 0 Å². The fourth-order valence-corrected chi connectivity index (χ4v) is 4.54. The summed E-state index contributed by atoms with van der Waals surface area (Å²) in [5.74, 6) is -0.238. The van der Waals surface area contributed by atoms with Crippen LogP contribution in [0.5, 0.6) is 0 Å². The van der Waals surface area contributed by atoms with Gasteiger partial charge in [-0.15, -0.1) is 0 Å². The summed E-state index contributed by atoms with van der Waals surface area (Å²) < 4.78 is 28.1. The van der Waals surface area contributed by atoms with E-state index in [2.05, 4.69) is 15.4 Å². The topological polar surface area (TPSA) is 104 Å². The van der Waals surface area contributed by atoms with Gasteiger partial charge in [0.05, 0.1) is 4.90 Å². The first kappa shape index (κ1) is 23.7. The van der Waals surface area contributed by atoms with Crippen LogP contribution in [0.3, 0.4) is 0 Å². The number of anilines is 1. The van der Waals surface area contributed by atoms with E-state index >= 15 is 0 Å². The van der Waals surface area contributed by atoms with E-state index in [0.29, 0.717) is 16.8 Å². The van der Waals surface area contributed by atoms with E-state index in [1.165, 1.54) is 12.1 Å². The standard InChI is InChI=1S/C26H27N3O4S/c1-18-10-13-23(34(32,33)28-17-19-6-3-2-4-7-19)15-24(18)26(31)27-16-20-8-5-9-22(14-20)29-25(30)21-11-12-21/h2-10,13-15,21,28H,11-12,16-17H2,1H3,(H,27,31)(H,29,30). The van der Waals surface area contributed by atoms with Gasteiger partial charge in [-0.2, -0.15) is 0 Å². The molecule has 3 N–H and O–H groups in total. The fraction of sp³-hybridized carbons (Fsp3) is 0.231. The van der Waals surface area contributed by atoms with Gasteiger partial charge >= 0.3 is 0 Å². The second-order valence-corrected chi connectivity index (χ2v) is 10.2. The number of sulfonamides is 1. The third-order valence-corrected chi connectivity index (χ3v) is 7.07. The quantitative estimate of drug-likeness (QED) is 0.437. The van der Waals surface area contributed by atoms with Crippen molar-refractivity contribution in [2.75, 3.05) is 5.32 Å². The van der Waals surface area contributed by atoms with Gasteiger partial charge in [-0.3, -0.25) is 9.59 Å². The van der Waals surface area contributed by atoms with Crippen molar-refractivity contribution in [3.8, 4) is 0 Å². The number of rotatable bonds is 9. The molecule has 2 amide bonds. The molecule has 0 atom stereocenters. The first-order valence-electron chi connectivity index (χ1n) is 11.1. The monoisotopic (exact) mass is 477 g/mol. The van der Waals surface area contributed by atoms with E-state index in [1.807, 2.05) is 54.6 Å². The number of aryl methyl sites for hydroxylation is 1. The predicted molar refractivity (Wildman–Crippen MR) is 131 cm³/mol. The summed E-state index contributed by atoms with van der Waals surface area (Å²) in [6.45, 7) is 2.16. The van der Waals surface area contributed by atoms with Crippen LogP contribution in [0.4, 0.5) is 5.69 Å². The van der Waals surface area contributed by atoms with Gasteiger partial charge in [-0.25, -0.2) is 13.1 Å². The Hall–Kier alpha value is -3.49. The van der Waals surface area contributed by atoms with Gasteiger partial charge in [-0.1, -0.05) is 48.5 Å². The predicted octanol–water partition coefficient (Wildman–Crippen LogP) is 3.75. The van der Waals surface area contributed by atoms with Crippen LogP contribution >= 0.6 is 0 Å². The van der Waals surface area contributed by atoms with Gasteiger partial charge in [0.1, 0.15) is 0 Å². The first-order valence-corrected chi connectivity index (χ1v) is 12.6. The number of amides is 2. The second kappa shape index (κ2) is 10.2. The van der Waals surface area contributed by atoms with Gasteiger partial charge in [-0.05, 0) is 60.7 Å². The lowest BCUT2D eigenvalue weighted by molar-refractivity contribution is -0.117. The Morgan fingerprint density at radius 1 is 0.882 bits per heavy atom.